The van der Waals surface area contributed by atoms with Crippen molar-refractivity contribution in [2.24, 2.45) is 5.73 Å². The monoisotopic (exact) mass is 279 g/mol. The van der Waals surface area contributed by atoms with Gasteiger partial charge in [-0.15, -0.1) is 0 Å². The molecule has 0 aliphatic rings. The average Bonchev–Trinajstić information content (AvgIpc) is 2.29. The van der Waals surface area contributed by atoms with Gasteiger partial charge in [-0.3, -0.25) is 4.79 Å². The van der Waals surface area contributed by atoms with Gasteiger partial charge in [0.25, 0.3) is 0 Å². The molecule has 0 heterocycles. The van der Waals surface area contributed by atoms with Gasteiger partial charge in [-0.25, -0.2) is 8.42 Å². The Hall–Kier alpha value is -0.620. The Balaban J connectivity index is 3.62. The van der Waals surface area contributed by atoms with E-state index in [1.165, 1.54) is 12.8 Å². The van der Waals surface area contributed by atoms with E-state index in [2.05, 4.69) is 6.92 Å². The third-order valence-electron chi connectivity index (χ3n) is 2.59. The fraction of sp³-hybridized carbons (Fsp3) is 0.917. The topological polar surface area (TPSA) is 86.5 Å². The molecular formula is C12H25NO4S. The molecule has 0 radical (unpaired) electrons. The summed E-state index contributed by atoms with van der Waals surface area (Å²) in [7, 11) is -3.08. The molecule has 0 aromatic carbocycles. The predicted molar refractivity (Wildman–Crippen MR) is 72.0 cm³/mol. The molecular weight excluding hydrogens is 254 g/mol. The summed E-state index contributed by atoms with van der Waals surface area (Å²) in [5.41, 5.74) is 5.55. The SMILES string of the molecule is CCCCCCCOC(=O)C(N)CCS(C)(=O)=O. The van der Waals surface area contributed by atoms with Crippen LogP contribution >= 0.6 is 0 Å². The Morgan fingerprint density at radius 2 is 1.83 bits per heavy atom. The molecule has 0 aliphatic carbocycles. The fourth-order valence-electron chi connectivity index (χ4n) is 1.44. The quantitative estimate of drug-likeness (QED) is 0.480. The van der Waals surface area contributed by atoms with Gasteiger partial charge in [0.05, 0.1) is 12.4 Å². The number of carbonyl (C=O) groups is 1. The van der Waals surface area contributed by atoms with Gasteiger partial charge in [-0.2, -0.15) is 0 Å². The number of hydrogen-bond acceptors (Lipinski definition) is 5. The number of ether oxygens (including phenoxy) is 1. The molecule has 0 aromatic rings. The van der Waals surface area contributed by atoms with E-state index in [4.69, 9.17) is 10.5 Å². The van der Waals surface area contributed by atoms with Gasteiger partial charge in [-0.1, -0.05) is 32.6 Å². The lowest BCUT2D eigenvalue weighted by Gasteiger charge is -2.10. The number of carbonyl (C=O) groups excluding carboxylic acids is 1. The summed E-state index contributed by atoms with van der Waals surface area (Å²) < 4.78 is 26.8. The minimum atomic E-state index is -3.08. The molecule has 0 aliphatic heterocycles. The van der Waals surface area contributed by atoms with E-state index >= 15 is 0 Å². The van der Waals surface area contributed by atoms with E-state index < -0.39 is 21.8 Å². The summed E-state index contributed by atoms with van der Waals surface area (Å²) in [6, 6.07) is -0.838. The number of sulfone groups is 1. The summed E-state index contributed by atoms with van der Waals surface area (Å²) >= 11 is 0. The fourth-order valence-corrected chi connectivity index (χ4v) is 2.13. The zero-order valence-electron chi connectivity index (χ0n) is 11.4. The molecule has 0 aromatic heterocycles. The minimum Gasteiger partial charge on any atom is -0.465 e. The lowest BCUT2D eigenvalue weighted by molar-refractivity contribution is -0.145. The highest BCUT2D eigenvalue weighted by Crippen LogP contribution is 2.03. The molecule has 0 spiro atoms. The molecule has 0 rings (SSSR count). The van der Waals surface area contributed by atoms with Crippen LogP contribution in [0.25, 0.3) is 0 Å². The van der Waals surface area contributed by atoms with Crippen LogP contribution in [0.2, 0.25) is 0 Å². The first-order valence-electron chi connectivity index (χ1n) is 6.46. The highest BCUT2D eigenvalue weighted by atomic mass is 32.2. The third-order valence-corrected chi connectivity index (χ3v) is 3.57. The van der Waals surface area contributed by atoms with E-state index in [1.54, 1.807) is 0 Å². The van der Waals surface area contributed by atoms with E-state index in [-0.39, 0.29) is 12.2 Å². The van der Waals surface area contributed by atoms with Gasteiger partial charge in [0.1, 0.15) is 15.9 Å². The van der Waals surface area contributed by atoms with Crippen LogP contribution < -0.4 is 5.73 Å². The van der Waals surface area contributed by atoms with Crippen molar-refractivity contribution in [2.75, 3.05) is 18.6 Å². The van der Waals surface area contributed by atoms with Gasteiger partial charge < -0.3 is 10.5 Å². The minimum absolute atomic E-state index is 0.0836. The summed E-state index contributed by atoms with van der Waals surface area (Å²) in [6.07, 6.45) is 6.64. The molecule has 1 unspecified atom stereocenters. The van der Waals surface area contributed by atoms with Gasteiger partial charge >= 0.3 is 5.97 Å². The van der Waals surface area contributed by atoms with Gasteiger partial charge in [0.15, 0.2) is 0 Å². The standard InChI is InChI=1S/C12H25NO4S/c1-3-4-5-6-7-9-17-12(14)11(13)8-10-18(2,15)16/h11H,3-10,13H2,1-2H3. The highest BCUT2D eigenvalue weighted by Gasteiger charge is 2.16. The van der Waals surface area contributed by atoms with Crippen molar-refractivity contribution >= 4 is 15.8 Å². The van der Waals surface area contributed by atoms with Crippen LogP contribution in [0.15, 0.2) is 0 Å². The van der Waals surface area contributed by atoms with Crippen LogP contribution in [0, 0.1) is 0 Å². The predicted octanol–water partition coefficient (Wildman–Crippen LogP) is 1.26. The third kappa shape index (κ3) is 10.5. The van der Waals surface area contributed by atoms with Crippen LogP contribution in [-0.2, 0) is 19.4 Å². The molecule has 108 valence electrons. The van der Waals surface area contributed by atoms with Crippen molar-refractivity contribution in [2.45, 2.75) is 51.5 Å². The maximum absolute atomic E-state index is 11.4. The second-order valence-electron chi connectivity index (χ2n) is 4.61. The van der Waals surface area contributed by atoms with Crippen LogP contribution in [0.5, 0.6) is 0 Å². The number of nitrogens with two attached hydrogens (primary N) is 1. The van der Waals surface area contributed by atoms with Gasteiger partial charge in [-0.05, 0) is 12.8 Å². The molecule has 0 fully saturated rings. The highest BCUT2D eigenvalue weighted by molar-refractivity contribution is 7.90. The van der Waals surface area contributed by atoms with Crippen molar-refractivity contribution in [3.63, 3.8) is 0 Å². The summed E-state index contributed by atoms with van der Waals surface area (Å²) in [6.45, 7) is 2.51. The molecule has 0 bridgehead atoms. The first-order chi connectivity index (χ1) is 8.37. The zero-order chi connectivity index (χ0) is 14.0. The lowest BCUT2D eigenvalue weighted by atomic mass is 10.2. The van der Waals surface area contributed by atoms with Crippen molar-refractivity contribution in [1.82, 2.24) is 0 Å². The summed E-state index contributed by atoms with van der Waals surface area (Å²) in [4.78, 5) is 11.4. The van der Waals surface area contributed by atoms with Crippen LogP contribution in [0.1, 0.15) is 45.4 Å². The summed E-state index contributed by atoms with van der Waals surface area (Å²) in [5, 5.41) is 0. The van der Waals surface area contributed by atoms with Crippen molar-refractivity contribution in [1.29, 1.82) is 0 Å². The first-order valence-corrected chi connectivity index (χ1v) is 8.53. The molecule has 0 saturated heterocycles. The van der Waals surface area contributed by atoms with Crippen LogP contribution in [0.4, 0.5) is 0 Å². The van der Waals surface area contributed by atoms with Crippen LogP contribution in [0.3, 0.4) is 0 Å². The number of unbranched alkanes of at least 4 members (excludes halogenated alkanes) is 4. The second kappa shape index (κ2) is 9.33. The smallest absolute Gasteiger partial charge is 0.322 e. The van der Waals surface area contributed by atoms with E-state index in [0.717, 1.165) is 25.5 Å². The first kappa shape index (κ1) is 17.4. The number of esters is 1. The number of hydrogen-bond donors (Lipinski definition) is 1. The van der Waals surface area contributed by atoms with Crippen molar-refractivity contribution < 1.29 is 17.9 Å². The Labute approximate surface area is 110 Å². The molecule has 2 N–H and O–H groups in total. The van der Waals surface area contributed by atoms with E-state index in [1.807, 2.05) is 0 Å². The molecule has 0 saturated carbocycles. The Morgan fingerprint density at radius 3 is 2.39 bits per heavy atom. The Kier molecular flexibility index (Phi) is 9.01. The van der Waals surface area contributed by atoms with Gasteiger partial charge in [0.2, 0.25) is 0 Å². The summed E-state index contributed by atoms with van der Waals surface area (Å²) in [5.74, 6) is -0.589. The molecule has 1 atom stereocenters. The Bertz CT molecular complexity index is 327. The largest absolute Gasteiger partial charge is 0.465 e. The lowest BCUT2D eigenvalue weighted by Crippen LogP contribution is -2.34. The van der Waals surface area contributed by atoms with Crippen molar-refractivity contribution in [3.05, 3.63) is 0 Å². The molecule has 6 heteroatoms. The van der Waals surface area contributed by atoms with Crippen molar-refractivity contribution in [3.8, 4) is 0 Å². The van der Waals surface area contributed by atoms with E-state index in [9.17, 15) is 13.2 Å². The van der Waals surface area contributed by atoms with E-state index in [0.29, 0.717) is 6.61 Å². The van der Waals surface area contributed by atoms with Crippen LogP contribution in [-0.4, -0.2) is 39.0 Å². The maximum Gasteiger partial charge on any atom is 0.322 e. The Morgan fingerprint density at radius 1 is 1.22 bits per heavy atom. The average molecular weight is 279 g/mol. The zero-order valence-corrected chi connectivity index (χ0v) is 12.2. The normalized spacial score (nSPS) is 13.3. The second-order valence-corrected chi connectivity index (χ2v) is 6.87. The number of rotatable bonds is 10. The molecule has 18 heavy (non-hydrogen) atoms. The maximum atomic E-state index is 11.4. The molecule has 5 nitrogen and oxygen atoms in total. The molecule has 0 amide bonds. The van der Waals surface area contributed by atoms with Gasteiger partial charge in [0, 0.05) is 6.26 Å².